The molecule has 2 aromatic rings. The molecule has 2 heterocycles. The van der Waals surface area contributed by atoms with Crippen LogP contribution in [0.5, 0.6) is 5.75 Å². The fourth-order valence-corrected chi connectivity index (χ4v) is 3.71. The van der Waals surface area contributed by atoms with E-state index in [4.69, 9.17) is 18.7 Å². The lowest BCUT2D eigenvalue weighted by molar-refractivity contribution is -0.0190. The van der Waals surface area contributed by atoms with Crippen molar-refractivity contribution in [3.63, 3.8) is 0 Å². The van der Waals surface area contributed by atoms with Crippen LogP contribution in [0.2, 0.25) is 0 Å². The Morgan fingerprint density at radius 2 is 2.00 bits per heavy atom. The van der Waals surface area contributed by atoms with Gasteiger partial charge >= 0.3 is 6.09 Å². The maximum atomic E-state index is 12.2. The number of hydrogen-bond donors (Lipinski definition) is 0. The summed E-state index contributed by atoms with van der Waals surface area (Å²) in [5, 5.41) is 3.98. The van der Waals surface area contributed by atoms with E-state index < -0.39 is 16.4 Å². The normalized spacial score (nSPS) is 16.2. The van der Waals surface area contributed by atoms with Crippen LogP contribution in [0.4, 0.5) is 4.79 Å². The third-order valence-electron chi connectivity index (χ3n) is 4.75. The Bertz CT molecular complexity index is 931. The van der Waals surface area contributed by atoms with Crippen molar-refractivity contribution >= 4 is 16.9 Å². The van der Waals surface area contributed by atoms with Crippen molar-refractivity contribution in [2.24, 2.45) is 0 Å². The Balaban J connectivity index is 1.54. The van der Waals surface area contributed by atoms with Crippen LogP contribution in [0, 0.1) is 0 Å². The predicted octanol–water partition coefficient (Wildman–Crippen LogP) is 3.40. The van der Waals surface area contributed by atoms with Crippen molar-refractivity contribution in [1.29, 1.82) is 0 Å². The summed E-state index contributed by atoms with van der Waals surface area (Å²) in [6.45, 7) is 6.94. The second kappa shape index (κ2) is 9.78. The Labute approximate surface area is 184 Å². The molecule has 0 saturated carbocycles. The van der Waals surface area contributed by atoms with Crippen molar-refractivity contribution < 1.29 is 27.7 Å². The van der Waals surface area contributed by atoms with E-state index >= 15 is 0 Å². The maximum Gasteiger partial charge on any atom is 0.410 e. The van der Waals surface area contributed by atoms with Gasteiger partial charge in [-0.15, -0.1) is 0 Å². The molecule has 10 heteroatoms. The highest BCUT2D eigenvalue weighted by Gasteiger charge is 2.27. The second-order valence-electron chi connectivity index (χ2n) is 8.31. The second-order valence-corrected chi connectivity index (χ2v) is 9.69. The summed E-state index contributed by atoms with van der Waals surface area (Å²) in [7, 11) is 0.417. The van der Waals surface area contributed by atoms with E-state index in [1.165, 1.54) is 7.11 Å². The summed E-state index contributed by atoms with van der Waals surface area (Å²) in [6, 6.07) is 5.19. The third kappa shape index (κ3) is 6.27. The van der Waals surface area contributed by atoms with Gasteiger partial charge in [-0.05, 0) is 51.8 Å². The molecule has 1 atom stereocenters. The third-order valence-corrected chi connectivity index (χ3v) is 5.66. The highest BCUT2D eigenvalue weighted by Crippen LogP contribution is 2.30. The molecule has 1 aliphatic rings. The van der Waals surface area contributed by atoms with Crippen LogP contribution in [0.15, 0.2) is 27.6 Å². The van der Waals surface area contributed by atoms with E-state index in [1.54, 1.807) is 29.4 Å². The van der Waals surface area contributed by atoms with Crippen LogP contribution in [-0.2, 0) is 26.9 Å². The van der Waals surface area contributed by atoms with E-state index in [0.717, 1.165) is 0 Å². The lowest BCUT2D eigenvalue weighted by Gasteiger charge is -2.33. The fraction of sp³-hybridized carbons (Fsp3) is 0.571. The molecule has 0 N–H and O–H groups in total. The van der Waals surface area contributed by atoms with Gasteiger partial charge in [0.2, 0.25) is 0 Å². The van der Waals surface area contributed by atoms with Gasteiger partial charge in [0.1, 0.15) is 18.0 Å². The molecule has 1 saturated heterocycles. The molecule has 1 fully saturated rings. The molecule has 1 unspecified atom stereocenters. The molecule has 1 aliphatic heterocycles. The van der Waals surface area contributed by atoms with Gasteiger partial charge in [0, 0.05) is 35.0 Å². The maximum absolute atomic E-state index is 12.2. The molecule has 170 valence electrons. The highest BCUT2D eigenvalue weighted by molar-refractivity contribution is 7.84. The van der Waals surface area contributed by atoms with Gasteiger partial charge in [0.05, 0.1) is 18.8 Å². The predicted molar refractivity (Wildman–Crippen MR) is 114 cm³/mol. The highest BCUT2D eigenvalue weighted by atomic mass is 32.2. The van der Waals surface area contributed by atoms with E-state index in [9.17, 15) is 9.00 Å². The topological polar surface area (TPSA) is 104 Å². The Hall–Kier alpha value is -2.46. The van der Waals surface area contributed by atoms with E-state index in [0.29, 0.717) is 53.9 Å². The number of likely N-dealkylation sites (tertiary alicyclic amines) is 1. The van der Waals surface area contributed by atoms with Crippen LogP contribution >= 0.6 is 0 Å². The first-order chi connectivity index (χ1) is 14.7. The van der Waals surface area contributed by atoms with Crippen LogP contribution < -0.4 is 4.74 Å². The quantitative estimate of drug-likeness (QED) is 0.658. The summed E-state index contributed by atoms with van der Waals surface area (Å²) in [5.41, 5.74) is 0.123. The first-order valence-corrected chi connectivity index (χ1v) is 11.7. The van der Waals surface area contributed by atoms with Crippen molar-refractivity contribution in [2.75, 3.05) is 26.5 Å². The van der Waals surface area contributed by atoms with E-state index in [2.05, 4.69) is 10.1 Å². The van der Waals surface area contributed by atoms with Gasteiger partial charge < -0.3 is 23.6 Å². The largest absolute Gasteiger partial charge is 0.496 e. The van der Waals surface area contributed by atoms with E-state index in [-0.39, 0.29) is 18.8 Å². The van der Waals surface area contributed by atoms with Crippen molar-refractivity contribution in [1.82, 2.24) is 15.0 Å². The monoisotopic (exact) mass is 451 g/mol. The van der Waals surface area contributed by atoms with Crippen molar-refractivity contribution in [3.05, 3.63) is 24.0 Å². The van der Waals surface area contributed by atoms with Crippen molar-refractivity contribution in [3.8, 4) is 17.2 Å². The molecule has 1 aromatic heterocycles. The standard InChI is InChI=1S/C21H29N3O6S/c1-21(2,3)29-20(25)24-10-8-14(9-11-24)28-13-18-22-19(30-23-18)16-7-6-15(31(5)26)12-17(16)27-4/h6-7,12,14H,8-11,13H2,1-5H3. The lowest BCUT2D eigenvalue weighted by atomic mass is 10.1. The molecule has 31 heavy (non-hydrogen) atoms. The molecule has 0 spiro atoms. The summed E-state index contributed by atoms with van der Waals surface area (Å²) in [4.78, 5) is 18.9. The van der Waals surface area contributed by atoms with Gasteiger partial charge in [-0.25, -0.2) is 4.79 Å². The molecular formula is C21H29N3O6S. The number of nitrogens with zero attached hydrogens (tertiary/aromatic N) is 3. The average molecular weight is 452 g/mol. The van der Waals surface area contributed by atoms with E-state index in [1.807, 2.05) is 20.8 Å². The Morgan fingerprint density at radius 1 is 1.29 bits per heavy atom. The summed E-state index contributed by atoms with van der Waals surface area (Å²) >= 11 is 0. The van der Waals surface area contributed by atoms with Crippen LogP contribution in [0.25, 0.3) is 11.5 Å². The average Bonchev–Trinajstić information content (AvgIpc) is 3.19. The number of methoxy groups -OCH3 is 1. The zero-order chi connectivity index (χ0) is 22.6. The van der Waals surface area contributed by atoms with Gasteiger partial charge in [-0.3, -0.25) is 4.21 Å². The Morgan fingerprint density at radius 3 is 2.61 bits per heavy atom. The molecular weight excluding hydrogens is 422 g/mol. The number of benzene rings is 1. The molecule has 9 nitrogen and oxygen atoms in total. The number of ether oxygens (including phenoxy) is 3. The minimum atomic E-state index is -1.12. The summed E-state index contributed by atoms with van der Waals surface area (Å²) < 4.78 is 33.8. The SMILES string of the molecule is COc1cc(S(C)=O)ccc1-c1nc(COC2CCN(C(=O)OC(C)(C)C)CC2)no1. The lowest BCUT2D eigenvalue weighted by Crippen LogP contribution is -2.43. The van der Waals surface area contributed by atoms with Gasteiger partial charge in [-0.1, -0.05) is 5.16 Å². The first-order valence-electron chi connectivity index (χ1n) is 10.1. The van der Waals surface area contributed by atoms with Crippen molar-refractivity contribution in [2.45, 2.75) is 56.8 Å². The number of aromatic nitrogens is 2. The number of rotatable bonds is 6. The number of carbonyl (C=O) groups excluding carboxylic acids is 1. The van der Waals surface area contributed by atoms with Crippen LogP contribution in [0.1, 0.15) is 39.4 Å². The number of amides is 1. The van der Waals surface area contributed by atoms with Gasteiger partial charge in [0.25, 0.3) is 5.89 Å². The molecule has 0 bridgehead atoms. The zero-order valence-electron chi connectivity index (χ0n) is 18.5. The van der Waals surface area contributed by atoms with Crippen LogP contribution in [0.3, 0.4) is 0 Å². The van der Waals surface area contributed by atoms with Gasteiger partial charge in [0.15, 0.2) is 5.82 Å². The first kappa shape index (κ1) is 23.2. The van der Waals surface area contributed by atoms with Gasteiger partial charge in [-0.2, -0.15) is 4.98 Å². The number of piperidine rings is 1. The minimum Gasteiger partial charge on any atom is -0.496 e. The molecule has 0 radical (unpaired) electrons. The number of hydrogen-bond acceptors (Lipinski definition) is 8. The number of carbonyl (C=O) groups is 1. The summed E-state index contributed by atoms with van der Waals surface area (Å²) in [5.74, 6) is 1.25. The smallest absolute Gasteiger partial charge is 0.410 e. The molecule has 1 aromatic carbocycles. The van der Waals surface area contributed by atoms with Crippen LogP contribution in [-0.4, -0.2) is 63.5 Å². The Kier molecular flexibility index (Phi) is 7.32. The fourth-order valence-electron chi connectivity index (χ4n) is 3.17. The molecule has 1 amide bonds. The minimum absolute atomic E-state index is 0.00832. The zero-order valence-corrected chi connectivity index (χ0v) is 19.4. The molecule has 0 aliphatic carbocycles. The molecule has 3 rings (SSSR count). The summed E-state index contributed by atoms with van der Waals surface area (Å²) in [6.07, 6.45) is 2.75.